The molecule has 1 aliphatic carbocycles. The molecule has 1 unspecified atom stereocenters. The van der Waals surface area contributed by atoms with Crippen molar-refractivity contribution in [3.8, 4) is 0 Å². The lowest BCUT2D eigenvalue weighted by atomic mass is 10.4. The molecule has 0 aromatic carbocycles. The smallest absolute Gasteiger partial charge is 0.312 e. The third-order valence-corrected chi connectivity index (χ3v) is 3.29. The van der Waals surface area contributed by atoms with Crippen LogP contribution in [0.15, 0.2) is 0 Å². The highest BCUT2D eigenvalue weighted by atomic mass is 31.1. The predicted octanol–water partition coefficient (Wildman–Crippen LogP) is 1.54. The number of carbonyl (C=O) groups is 1. The highest BCUT2D eigenvalue weighted by molar-refractivity contribution is 7.30. The van der Waals surface area contributed by atoms with Gasteiger partial charge in [0.1, 0.15) is 0 Å². The van der Waals surface area contributed by atoms with Crippen LogP contribution in [0.5, 0.6) is 0 Å². The molecule has 0 spiro atoms. The molecule has 1 saturated carbocycles. The Morgan fingerprint density at radius 1 is 1.33 bits per heavy atom. The Morgan fingerprint density at radius 2 is 2.00 bits per heavy atom. The summed E-state index contributed by atoms with van der Waals surface area (Å²) >= 11 is 0. The second-order valence-electron chi connectivity index (χ2n) is 3.48. The van der Waals surface area contributed by atoms with E-state index in [1.165, 1.54) is 12.8 Å². The summed E-state index contributed by atoms with van der Waals surface area (Å²) in [5.74, 6) is 0.278. The molecule has 1 saturated heterocycles. The molecule has 4 heteroatoms. The standard InChI is InChI=1S/C8H14NO2P/c10-8(7-3-4-7)11-12-9-5-1-2-6-9/h7,12H,1-6H2. The highest BCUT2D eigenvalue weighted by Crippen LogP contribution is 2.34. The maximum Gasteiger partial charge on any atom is 0.312 e. The van der Waals surface area contributed by atoms with Gasteiger partial charge in [0, 0.05) is 13.1 Å². The molecule has 12 heavy (non-hydrogen) atoms. The van der Waals surface area contributed by atoms with Gasteiger partial charge in [-0.1, -0.05) is 0 Å². The molecule has 1 aliphatic heterocycles. The van der Waals surface area contributed by atoms with E-state index in [4.69, 9.17) is 4.52 Å². The van der Waals surface area contributed by atoms with Gasteiger partial charge in [-0.25, -0.2) is 0 Å². The first-order valence-corrected chi connectivity index (χ1v) is 5.43. The fraction of sp³-hybridized carbons (Fsp3) is 0.875. The van der Waals surface area contributed by atoms with Gasteiger partial charge in [-0.15, -0.1) is 0 Å². The van der Waals surface area contributed by atoms with Crippen LogP contribution in [-0.2, 0) is 9.32 Å². The second-order valence-corrected chi connectivity index (χ2v) is 4.50. The van der Waals surface area contributed by atoms with Crippen LogP contribution in [0, 0.1) is 5.92 Å². The average Bonchev–Trinajstić information content (AvgIpc) is 2.80. The first-order chi connectivity index (χ1) is 5.86. The lowest BCUT2D eigenvalue weighted by molar-refractivity contribution is -0.135. The zero-order chi connectivity index (χ0) is 8.39. The average molecular weight is 187 g/mol. The summed E-state index contributed by atoms with van der Waals surface area (Å²) in [5, 5.41) is 0. The normalized spacial score (nSPS) is 25.3. The van der Waals surface area contributed by atoms with Crippen molar-refractivity contribution >= 4 is 14.9 Å². The molecule has 1 atom stereocenters. The molecule has 0 aromatic heterocycles. The van der Waals surface area contributed by atoms with Crippen LogP contribution < -0.4 is 0 Å². The van der Waals surface area contributed by atoms with E-state index in [-0.39, 0.29) is 20.8 Å². The van der Waals surface area contributed by atoms with Gasteiger partial charge in [-0.05, 0) is 25.7 Å². The third kappa shape index (κ3) is 2.18. The zero-order valence-corrected chi connectivity index (χ0v) is 8.08. The fourth-order valence-electron chi connectivity index (χ4n) is 1.32. The maximum absolute atomic E-state index is 11.1. The van der Waals surface area contributed by atoms with Crippen molar-refractivity contribution in [2.45, 2.75) is 25.7 Å². The van der Waals surface area contributed by atoms with Crippen molar-refractivity contribution < 1.29 is 9.32 Å². The lowest BCUT2D eigenvalue weighted by Gasteiger charge is -2.12. The van der Waals surface area contributed by atoms with Crippen molar-refractivity contribution in [1.82, 2.24) is 4.67 Å². The molecule has 3 nitrogen and oxygen atoms in total. The van der Waals surface area contributed by atoms with Gasteiger partial charge in [0.2, 0.25) is 0 Å². The minimum Gasteiger partial charge on any atom is -0.431 e. The molecular formula is C8H14NO2P. The van der Waals surface area contributed by atoms with Crippen LogP contribution in [0.1, 0.15) is 25.7 Å². The van der Waals surface area contributed by atoms with Gasteiger partial charge in [0.05, 0.1) is 5.92 Å². The van der Waals surface area contributed by atoms with Crippen molar-refractivity contribution in [1.29, 1.82) is 0 Å². The minimum absolute atomic E-state index is 0.0280. The predicted molar refractivity (Wildman–Crippen MR) is 47.9 cm³/mol. The molecule has 0 N–H and O–H groups in total. The van der Waals surface area contributed by atoms with Crippen molar-refractivity contribution in [3.05, 3.63) is 0 Å². The summed E-state index contributed by atoms with van der Waals surface area (Å²) in [6.45, 7) is 2.22. The van der Waals surface area contributed by atoms with Crippen LogP contribution in [-0.4, -0.2) is 23.7 Å². The fourth-order valence-corrected chi connectivity index (χ4v) is 2.20. The number of hydrogen-bond acceptors (Lipinski definition) is 3. The second kappa shape index (κ2) is 3.71. The quantitative estimate of drug-likeness (QED) is 0.628. The number of rotatable bonds is 3. The Balaban J connectivity index is 1.63. The molecule has 0 radical (unpaired) electrons. The van der Waals surface area contributed by atoms with E-state index < -0.39 is 0 Å². The first-order valence-electron chi connectivity index (χ1n) is 4.57. The van der Waals surface area contributed by atoms with Crippen LogP contribution in [0.4, 0.5) is 0 Å². The monoisotopic (exact) mass is 187 g/mol. The van der Waals surface area contributed by atoms with Crippen molar-refractivity contribution in [2.24, 2.45) is 5.92 Å². The Kier molecular flexibility index (Phi) is 2.62. The van der Waals surface area contributed by atoms with Crippen LogP contribution in [0.25, 0.3) is 0 Å². The largest absolute Gasteiger partial charge is 0.431 e. The molecular weight excluding hydrogens is 173 g/mol. The molecule has 0 bridgehead atoms. The minimum atomic E-state index is 0.0280. The molecule has 68 valence electrons. The molecule has 2 aliphatic rings. The summed E-state index contributed by atoms with van der Waals surface area (Å²) in [5.41, 5.74) is 0. The van der Waals surface area contributed by atoms with Gasteiger partial charge in [0.25, 0.3) is 0 Å². The van der Waals surface area contributed by atoms with E-state index in [0.29, 0.717) is 0 Å². The summed E-state index contributed by atoms with van der Waals surface area (Å²) in [6, 6.07) is 0. The van der Waals surface area contributed by atoms with E-state index in [2.05, 4.69) is 4.67 Å². The molecule has 1 heterocycles. The number of nitrogens with zero attached hydrogens (tertiary/aromatic N) is 1. The zero-order valence-electron chi connectivity index (χ0n) is 7.08. The first kappa shape index (κ1) is 8.46. The molecule has 0 aromatic rings. The topological polar surface area (TPSA) is 29.5 Å². The van der Waals surface area contributed by atoms with Crippen LogP contribution in [0.2, 0.25) is 0 Å². The number of hydrogen-bond donors (Lipinski definition) is 0. The summed E-state index contributed by atoms with van der Waals surface area (Å²) < 4.78 is 7.39. The number of carbonyl (C=O) groups excluding carboxylic acids is 1. The lowest BCUT2D eigenvalue weighted by Crippen LogP contribution is -2.10. The van der Waals surface area contributed by atoms with Crippen LogP contribution in [0.3, 0.4) is 0 Å². The molecule has 2 fully saturated rings. The van der Waals surface area contributed by atoms with Crippen molar-refractivity contribution in [3.63, 3.8) is 0 Å². The van der Waals surface area contributed by atoms with Crippen LogP contribution >= 0.6 is 8.96 Å². The maximum atomic E-state index is 11.1. The van der Waals surface area contributed by atoms with Crippen molar-refractivity contribution in [2.75, 3.05) is 13.1 Å². The summed E-state index contributed by atoms with van der Waals surface area (Å²) in [6.07, 6.45) is 4.61. The van der Waals surface area contributed by atoms with Gasteiger partial charge < -0.3 is 4.52 Å². The molecule has 0 amide bonds. The van der Waals surface area contributed by atoms with Gasteiger partial charge in [-0.3, -0.25) is 9.46 Å². The Labute approximate surface area is 74.4 Å². The summed E-state index contributed by atoms with van der Waals surface area (Å²) in [7, 11) is 0.283. The highest BCUT2D eigenvalue weighted by Gasteiger charge is 2.31. The SMILES string of the molecule is O=C(OPN1CCCC1)C1CC1. The van der Waals surface area contributed by atoms with E-state index in [1.54, 1.807) is 0 Å². The van der Waals surface area contributed by atoms with Gasteiger partial charge in [-0.2, -0.15) is 0 Å². The Bertz CT molecular complexity index is 176. The summed E-state index contributed by atoms with van der Waals surface area (Å²) in [4.78, 5) is 11.1. The van der Waals surface area contributed by atoms with E-state index in [9.17, 15) is 4.79 Å². The Morgan fingerprint density at radius 3 is 2.58 bits per heavy atom. The van der Waals surface area contributed by atoms with E-state index in [0.717, 1.165) is 25.9 Å². The molecule has 2 rings (SSSR count). The third-order valence-electron chi connectivity index (χ3n) is 2.29. The van der Waals surface area contributed by atoms with E-state index in [1.807, 2.05) is 0 Å². The van der Waals surface area contributed by atoms with Gasteiger partial charge >= 0.3 is 5.97 Å². The Hall–Kier alpha value is -0.140. The van der Waals surface area contributed by atoms with E-state index >= 15 is 0 Å². The van der Waals surface area contributed by atoms with Gasteiger partial charge in [0.15, 0.2) is 8.96 Å².